The topological polar surface area (TPSA) is 59.2 Å². The van der Waals surface area contributed by atoms with Crippen molar-refractivity contribution in [1.29, 1.82) is 0 Å². The molecule has 4 nitrogen and oxygen atoms in total. The summed E-state index contributed by atoms with van der Waals surface area (Å²) >= 11 is 0. The Hall–Kier alpha value is -2.41. The number of carbonyl (C=O) groups is 1. The van der Waals surface area contributed by atoms with E-state index in [-0.39, 0.29) is 12.1 Å². The van der Waals surface area contributed by atoms with E-state index in [9.17, 15) is 18.0 Å². The lowest BCUT2D eigenvalue weighted by atomic mass is 10.1. The van der Waals surface area contributed by atoms with Crippen LogP contribution >= 0.6 is 0 Å². The molecule has 2 aromatic rings. The first-order chi connectivity index (χ1) is 10.9. The lowest BCUT2D eigenvalue weighted by molar-refractivity contribution is -0.141. The van der Waals surface area contributed by atoms with Gasteiger partial charge in [-0.3, -0.25) is 9.78 Å². The number of nitrogens with zero attached hydrogens (tertiary/aromatic N) is 2. The smallest absolute Gasteiger partial charge is 0.333 e. The number of rotatable bonds is 5. The molecule has 0 aliphatic heterocycles. The summed E-state index contributed by atoms with van der Waals surface area (Å²) in [7, 11) is 0. The number of aromatic nitrogens is 1. The van der Waals surface area contributed by atoms with Gasteiger partial charge in [0.05, 0.1) is 5.56 Å². The van der Waals surface area contributed by atoms with Crippen molar-refractivity contribution in [2.45, 2.75) is 12.7 Å². The van der Waals surface area contributed by atoms with Crippen molar-refractivity contribution >= 4 is 5.91 Å². The average molecular weight is 323 g/mol. The van der Waals surface area contributed by atoms with Gasteiger partial charge < -0.3 is 10.6 Å². The maximum absolute atomic E-state index is 12.5. The zero-order valence-electron chi connectivity index (χ0n) is 12.3. The number of carbonyl (C=O) groups excluding carboxylic acids is 1. The third kappa shape index (κ3) is 4.53. The van der Waals surface area contributed by atoms with Crippen LogP contribution in [0.3, 0.4) is 0 Å². The normalized spacial score (nSPS) is 11.3. The molecule has 0 saturated heterocycles. The predicted molar refractivity (Wildman–Crippen MR) is 79.5 cm³/mol. The third-order valence-electron chi connectivity index (χ3n) is 3.20. The summed E-state index contributed by atoms with van der Waals surface area (Å²) in [6, 6.07) is 11.2. The van der Waals surface area contributed by atoms with Crippen molar-refractivity contribution in [2.24, 2.45) is 5.73 Å². The Bertz CT molecular complexity index is 642. The average Bonchev–Trinajstić information content (AvgIpc) is 2.54. The van der Waals surface area contributed by atoms with Gasteiger partial charge in [0, 0.05) is 25.8 Å². The van der Waals surface area contributed by atoms with Gasteiger partial charge in [0.2, 0.25) is 0 Å². The van der Waals surface area contributed by atoms with Crippen LogP contribution < -0.4 is 5.73 Å². The largest absolute Gasteiger partial charge is 0.433 e. The minimum absolute atomic E-state index is 0.0994. The quantitative estimate of drug-likeness (QED) is 0.920. The number of benzene rings is 1. The van der Waals surface area contributed by atoms with Crippen LogP contribution in [0.15, 0.2) is 48.7 Å². The number of hydrogen-bond donors (Lipinski definition) is 1. The van der Waals surface area contributed by atoms with Crippen molar-refractivity contribution < 1.29 is 18.0 Å². The fourth-order valence-corrected chi connectivity index (χ4v) is 2.08. The number of halogens is 3. The van der Waals surface area contributed by atoms with E-state index in [0.29, 0.717) is 13.1 Å². The molecule has 0 bridgehead atoms. The molecule has 1 amide bonds. The zero-order chi connectivity index (χ0) is 16.9. The molecule has 0 atom stereocenters. The van der Waals surface area contributed by atoms with Crippen LogP contribution in [0, 0.1) is 0 Å². The van der Waals surface area contributed by atoms with Gasteiger partial charge in [-0.15, -0.1) is 0 Å². The Kier molecular flexibility index (Phi) is 5.33. The SMILES string of the molecule is NCCN(Cc1ccccc1)C(=O)c1ccc(C(F)(F)F)nc1. The molecule has 2 N–H and O–H groups in total. The lowest BCUT2D eigenvalue weighted by Gasteiger charge is -2.22. The van der Waals surface area contributed by atoms with Crippen LogP contribution in [0.1, 0.15) is 21.6 Å². The van der Waals surface area contributed by atoms with Gasteiger partial charge in [0.25, 0.3) is 5.91 Å². The highest BCUT2D eigenvalue weighted by Gasteiger charge is 2.32. The first-order valence-corrected chi connectivity index (χ1v) is 6.98. The van der Waals surface area contributed by atoms with E-state index in [1.807, 2.05) is 30.3 Å². The molecule has 0 spiro atoms. The van der Waals surface area contributed by atoms with E-state index in [2.05, 4.69) is 4.98 Å². The molecular formula is C16H16F3N3O. The molecular weight excluding hydrogens is 307 g/mol. The molecule has 23 heavy (non-hydrogen) atoms. The monoisotopic (exact) mass is 323 g/mol. The summed E-state index contributed by atoms with van der Waals surface area (Å²) in [5.41, 5.74) is 5.51. The van der Waals surface area contributed by atoms with Gasteiger partial charge in [-0.05, 0) is 17.7 Å². The van der Waals surface area contributed by atoms with Crippen LogP contribution in [0.25, 0.3) is 0 Å². The summed E-state index contributed by atoms with van der Waals surface area (Å²) in [5, 5.41) is 0. The predicted octanol–water partition coefficient (Wildman–Crippen LogP) is 2.70. The highest BCUT2D eigenvalue weighted by atomic mass is 19.4. The molecule has 2 rings (SSSR count). The van der Waals surface area contributed by atoms with Crippen molar-refractivity contribution in [3.8, 4) is 0 Å². The fourth-order valence-electron chi connectivity index (χ4n) is 2.08. The summed E-state index contributed by atoms with van der Waals surface area (Å²) < 4.78 is 37.5. The molecule has 0 unspecified atom stereocenters. The van der Waals surface area contributed by atoms with E-state index in [4.69, 9.17) is 5.73 Å². The summed E-state index contributed by atoms with van der Waals surface area (Å²) in [5.74, 6) is -0.402. The van der Waals surface area contributed by atoms with E-state index in [1.165, 1.54) is 4.90 Å². The minimum Gasteiger partial charge on any atom is -0.333 e. The number of hydrogen-bond acceptors (Lipinski definition) is 3. The van der Waals surface area contributed by atoms with E-state index in [0.717, 1.165) is 23.9 Å². The Labute approximate surface area is 131 Å². The number of alkyl halides is 3. The van der Waals surface area contributed by atoms with Gasteiger partial charge in [0.1, 0.15) is 5.69 Å². The van der Waals surface area contributed by atoms with Gasteiger partial charge >= 0.3 is 6.18 Å². The second kappa shape index (κ2) is 7.23. The molecule has 0 aliphatic carbocycles. The highest BCUT2D eigenvalue weighted by Crippen LogP contribution is 2.27. The molecule has 1 aromatic heterocycles. The van der Waals surface area contributed by atoms with E-state index in [1.54, 1.807) is 0 Å². The number of nitrogens with two attached hydrogens (primary N) is 1. The molecule has 1 aromatic carbocycles. The molecule has 0 radical (unpaired) electrons. The Morgan fingerprint density at radius 2 is 1.83 bits per heavy atom. The van der Waals surface area contributed by atoms with E-state index < -0.39 is 17.8 Å². The second-order valence-corrected chi connectivity index (χ2v) is 4.93. The van der Waals surface area contributed by atoms with E-state index >= 15 is 0 Å². The van der Waals surface area contributed by atoms with Crippen LogP contribution in [0.4, 0.5) is 13.2 Å². The van der Waals surface area contributed by atoms with Crippen LogP contribution in [0.2, 0.25) is 0 Å². The molecule has 1 heterocycles. The van der Waals surface area contributed by atoms with Crippen LogP contribution in [0.5, 0.6) is 0 Å². The summed E-state index contributed by atoms with van der Waals surface area (Å²) in [6.07, 6.45) is -3.58. The summed E-state index contributed by atoms with van der Waals surface area (Å²) in [4.78, 5) is 17.3. The number of pyridine rings is 1. The summed E-state index contributed by atoms with van der Waals surface area (Å²) in [6.45, 7) is 0.888. The van der Waals surface area contributed by atoms with Crippen molar-refractivity contribution in [2.75, 3.05) is 13.1 Å². The Morgan fingerprint density at radius 3 is 2.35 bits per heavy atom. The Morgan fingerprint density at radius 1 is 1.13 bits per heavy atom. The third-order valence-corrected chi connectivity index (χ3v) is 3.20. The molecule has 7 heteroatoms. The maximum Gasteiger partial charge on any atom is 0.433 e. The van der Waals surface area contributed by atoms with Crippen molar-refractivity contribution in [1.82, 2.24) is 9.88 Å². The second-order valence-electron chi connectivity index (χ2n) is 4.93. The molecule has 0 saturated carbocycles. The van der Waals surface area contributed by atoms with Gasteiger partial charge in [-0.1, -0.05) is 30.3 Å². The van der Waals surface area contributed by atoms with Crippen molar-refractivity contribution in [3.63, 3.8) is 0 Å². The van der Waals surface area contributed by atoms with Crippen LogP contribution in [-0.2, 0) is 12.7 Å². The standard InChI is InChI=1S/C16H16F3N3O/c17-16(18,19)14-7-6-13(10-21-14)15(23)22(9-8-20)11-12-4-2-1-3-5-12/h1-7,10H,8-9,11,20H2. The van der Waals surface area contributed by atoms with Crippen molar-refractivity contribution in [3.05, 3.63) is 65.5 Å². The minimum atomic E-state index is -4.53. The number of amides is 1. The lowest BCUT2D eigenvalue weighted by Crippen LogP contribution is -2.35. The van der Waals surface area contributed by atoms with Gasteiger partial charge in [0.15, 0.2) is 0 Å². The maximum atomic E-state index is 12.5. The Balaban J connectivity index is 2.17. The fraction of sp³-hybridized carbons (Fsp3) is 0.250. The molecule has 122 valence electrons. The van der Waals surface area contributed by atoms with Crippen LogP contribution in [-0.4, -0.2) is 28.9 Å². The zero-order valence-corrected chi connectivity index (χ0v) is 12.3. The first-order valence-electron chi connectivity index (χ1n) is 6.98. The van der Waals surface area contributed by atoms with Gasteiger partial charge in [-0.25, -0.2) is 0 Å². The molecule has 0 fully saturated rings. The highest BCUT2D eigenvalue weighted by molar-refractivity contribution is 5.93. The molecule has 0 aliphatic rings. The first kappa shape index (κ1) is 17.0. The van der Waals surface area contributed by atoms with Gasteiger partial charge in [-0.2, -0.15) is 13.2 Å².